The molecular formula is C13H9ClFNO2. The van der Waals surface area contributed by atoms with Crippen molar-refractivity contribution < 1.29 is 14.3 Å². The van der Waals surface area contributed by atoms with Crippen LogP contribution < -0.4 is 5.32 Å². The Morgan fingerprint density at radius 3 is 2.61 bits per heavy atom. The third-order valence-corrected chi connectivity index (χ3v) is 2.54. The van der Waals surface area contributed by atoms with Crippen molar-refractivity contribution in [1.29, 1.82) is 0 Å². The molecule has 92 valence electrons. The van der Waals surface area contributed by atoms with Crippen molar-refractivity contribution in [3.05, 3.63) is 58.9 Å². The predicted octanol–water partition coefficient (Wildman–Crippen LogP) is 3.44. The van der Waals surface area contributed by atoms with Gasteiger partial charge in [-0.2, -0.15) is 0 Å². The summed E-state index contributed by atoms with van der Waals surface area (Å²) in [6.07, 6.45) is 0. The standard InChI is InChI=1S/C13H9ClFNO2/c14-8-3-1-4-9(7-8)16-13(18)12-10(15)5-2-6-11(12)17/h1-7,17H,(H,16,18). The van der Waals surface area contributed by atoms with Crippen molar-refractivity contribution in [1.82, 2.24) is 0 Å². The maximum Gasteiger partial charge on any atom is 0.262 e. The van der Waals surface area contributed by atoms with Gasteiger partial charge in [0.15, 0.2) is 0 Å². The van der Waals surface area contributed by atoms with E-state index in [0.717, 1.165) is 6.07 Å². The Morgan fingerprint density at radius 2 is 1.94 bits per heavy atom. The van der Waals surface area contributed by atoms with Crippen LogP contribution >= 0.6 is 11.6 Å². The summed E-state index contributed by atoms with van der Waals surface area (Å²) in [6.45, 7) is 0. The summed E-state index contributed by atoms with van der Waals surface area (Å²) in [5.41, 5.74) is 0.0348. The van der Waals surface area contributed by atoms with Crippen LogP contribution in [0.3, 0.4) is 0 Å². The van der Waals surface area contributed by atoms with E-state index in [1.54, 1.807) is 18.2 Å². The molecule has 0 fully saturated rings. The largest absolute Gasteiger partial charge is 0.507 e. The maximum absolute atomic E-state index is 13.4. The Bertz CT molecular complexity index is 581. The number of carbonyl (C=O) groups excluding carboxylic acids is 1. The zero-order valence-corrected chi connectivity index (χ0v) is 9.91. The molecule has 2 aromatic carbocycles. The van der Waals surface area contributed by atoms with Crippen LogP contribution in [0, 0.1) is 5.82 Å². The number of phenols is 1. The Labute approximate surface area is 108 Å². The minimum absolute atomic E-state index is 0.391. The van der Waals surface area contributed by atoms with Gasteiger partial charge in [-0.05, 0) is 30.3 Å². The van der Waals surface area contributed by atoms with E-state index in [2.05, 4.69) is 5.32 Å². The number of rotatable bonds is 2. The summed E-state index contributed by atoms with van der Waals surface area (Å²) in [5, 5.41) is 12.4. The van der Waals surface area contributed by atoms with Crippen molar-refractivity contribution in [3.63, 3.8) is 0 Å². The molecule has 0 saturated carbocycles. The number of anilines is 1. The van der Waals surface area contributed by atoms with Crippen LogP contribution in [0.15, 0.2) is 42.5 Å². The fraction of sp³-hybridized carbons (Fsp3) is 0. The zero-order chi connectivity index (χ0) is 13.1. The van der Waals surface area contributed by atoms with E-state index in [4.69, 9.17) is 11.6 Å². The molecule has 0 atom stereocenters. The topological polar surface area (TPSA) is 49.3 Å². The Morgan fingerprint density at radius 1 is 1.22 bits per heavy atom. The minimum Gasteiger partial charge on any atom is -0.507 e. The monoisotopic (exact) mass is 265 g/mol. The Kier molecular flexibility index (Phi) is 3.48. The quantitative estimate of drug-likeness (QED) is 0.874. The summed E-state index contributed by atoms with van der Waals surface area (Å²) in [5.74, 6) is -1.92. The first-order valence-corrected chi connectivity index (χ1v) is 5.50. The number of halogens is 2. The Hall–Kier alpha value is -2.07. The second-order valence-corrected chi connectivity index (χ2v) is 4.03. The van der Waals surface area contributed by atoms with Gasteiger partial charge in [0.2, 0.25) is 0 Å². The summed E-state index contributed by atoms with van der Waals surface area (Å²) >= 11 is 5.76. The second kappa shape index (κ2) is 5.06. The molecule has 18 heavy (non-hydrogen) atoms. The number of carbonyl (C=O) groups is 1. The van der Waals surface area contributed by atoms with E-state index in [1.165, 1.54) is 18.2 Å². The first kappa shape index (κ1) is 12.4. The summed E-state index contributed by atoms with van der Waals surface area (Å²) in [7, 11) is 0. The average molecular weight is 266 g/mol. The molecule has 0 aliphatic rings. The number of hydrogen-bond acceptors (Lipinski definition) is 2. The van der Waals surface area contributed by atoms with Gasteiger partial charge < -0.3 is 10.4 Å². The molecule has 2 rings (SSSR count). The van der Waals surface area contributed by atoms with Gasteiger partial charge in [0.05, 0.1) is 0 Å². The number of aromatic hydroxyl groups is 1. The fourth-order valence-electron chi connectivity index (χ4n) is 1.50. The smallest absolute Gasteiger partial charge is 0.262 e. The molecule has 2 N–H and O–H groups in total. The third kappa shape index (κ3) is 2.60. The van der Waals surface area contributed by atoms with Crippen LogP contribution in [0.1, 0.15) is 10.4 Å². The molecule has 0 saturated heterocycles. The lowest BCUT2D eigenvalue weighted by atomic mass is 10.1. The van der Waals surface area contributed by atoms with Crippen LogP contribution in [0.25, 0.3) is 0 Å². The van der Waals surface area contributed by atoms with Gasteiger partial charge >= 0.3 is 0 Å². The van der Waals surface area contributed by atoms with E-state index < -0.39 is 23.0 Å². The SMILES string of the molecule is O=C(Nc1cccc(Cl)c1)c1c(O)cccc1F. The molecule has 0 radical (unpaired) electrons. The Balaban J connectivity index is 2.28. The second-order valence-electron chi connectivity index (χ2n) is 3.60. The number of amides is 1. The highest BCUT2D eigenvalue weighted by Gasteiger charge is 2.16. The predicted molar refractivity (Wildman–Crippen MR) is 67.5 cm³/mol. The van der Waals surface area contributed by atoms with Crippen LogP contribution in [-0.2, 0) is 0 Å². The van der Waals surface area contributed by atoms with Crippen LogP contribution in [0.5, 0.6) is 5.75 Å². The third-order valence-electron chi connectivity index (χ3n) is 2.30. The molecule has 0 aliphatic carbocycles. The van der Waals surface area contributed by atoms with Gasteiger partial charge in [-0.25, -0.2) is 4.39 Å². The van der Waals surface area contributed by atoms with E-state index in [0.29, 0.717) is 10.7 Å². The lowest BCUT2D eigenvalue weighted by Gasteiger charge is -2.07. The molecule has 0 spiro atoms. The van der Waals surface area contributed by atoms with Crippen molar-refractivity contribution in [2.24, 2.45) is 0 Å². The summed E-state index contributed by atoms with van der Waals surface area (Å²) in [4.78, 5) is 11.8. The number of phenolic OH excluding ortho intramolecular Hbond substituents is 1. The molecule has 2 aromatic rings. The van der Waals surface area contributed by atoms with E-state index >= 15 is 0 Å². The fourth-order valence-corrected chi connectivity index (χ4v) is 1.69. The minimum atomic E-state index is -0.783. The van der Waals surface area contributed by atoms with E-state index in [9.17, 15) is 14.3 Å². The molecule has 0 bridgehead atoms. The molecule has 5 heteroatoms. The van der Waals surface area contributed by atoms with Gasteiger partial charge in [0.1, 0.15) is 17.1 Å². The van der Waals surface area contributed by atoms with Crippen molar-refractivity contribution in [2.45, 2.75) is 0 Å². The first-order valence-electron chi connectivity index (χ1n) is 5.12. The lowest BCUT2D eigenvalue weighted by Crippen LogP contribution is -2.13. The highest BCUT2D eigenvalue weighted by Crippen LogP contribution is 2.22. The molecule has 0 heterocycles. The van der Waals surface area contributed by atoms with Crippen molar-refractivity contribution in [2.75, 3.05) is 5.32 Å². The first-order chi connectivity index (χ1) is 8.58. The van der Waals surface area contributed by atoms with Crippen molar-refractivity contribution in [3.8, 4) is 5.75 Å². The molecule has 0 aromatic heterocycles. The highest BCUT2D eigenvalue weighted by molar-refractivity contribution is 6.31. The molecule has 1 amide bonds. The zero-order valence-electron chi connectivity index (χ0n) is 9.15. The van der Waals surface area contributed by atoms with Crippen LogP contribution in [0.4, 0.5) is 10.1 Å². The highest BCUT2D eigenvalue weighted by atomic mass is 35.5. The number of benzene rings is 2. The average Bonchev–Trinajstić information content (AvgIpc) is 2.28. The van der Waals surface area contributed by atoms with Gasteiger partial charge in [-0.1, -0.05) is 23.7 Å². The van der Waals surface area contributed by atoms with Gasteiger partial charge in [0, 0.05) is 10.7 Å². The van der Waals surface area contributed by atoms with Crippen LogP contribution in [-0.4, -0.2) is 11.0 Å². The van der Waals surface area contributed by atoms with E-state index in [-0.39, 0.29) is 0 Å². The number of hydrogen-bond donors (Lipinski definition) is 2. The normalized spacial score (nSPS) is 10.1. The lowest BCUT2D eigenvalue weighted by molar-refractivity contribution is 0.102. The molecule has 0 aliphatic heterocycles. The van der Waals surface area contributed by atoms with E-state index in [1.807, 2.05) is 0 Å². The van der Waals surface area contributed by atoms with Gasteiger partial charge in [-0.15, -0.1) is 0 Å². The summed E-state index contributed by atoms with van der Waals surface area (Å²) in [6, 6.07) is 10.1. The molecule has 3 nitrogen and oxygen atoms in total. The van der Waals surface area contributed by atoms with Gasteiger partial charge in [0.25, 0.3) is 5.91 Å². The molecular weight excluding hydrogens is 257 g/mol. The maximum atomic E-state index is 13.4. The molecule has 0 unspecified atom stereocenters. The summed E-state index contributed by atoms with van der Waals surface area (Å²) < 4.78 is 13.4. The van der Waals surface area contributed by atoms with Gasteiger partial charge in [-0.3, -0.25) is 4.79 Å². The van der Waals surface area contributed by atoms with Crippen molar-refractivity contribution >= 4 is 23.2 Å². The van der Waals surface area contributed by atoms with Crippen LogP contribution in [0.2, 0.25) is 5.02 Å². The number of nitrogens with one attached hydrogen (secondary N) is 1.